The van der Waals surface area contributed by atoms with Crippen LogP contribution in [-0.2, 0) is 0 Å². The Morgan fingerprint density at radius 3 is 1.75 bits per heavy atom. The van der Waals surface area contributed by atoms with Crippen LogP contribution in [0, 0.1) is 5.41 Å². The van der Waals surface area contributed by atoms with Gasteiger partial charge in [0.15, 0.2) is 0 Å². The van der Waals surface area contributed by atoms with Crippen molar-refractivity contribution < 1.29 is 0 Å². The molecule has 0 nitrogen and oxygen atoms in total. The molecule has 3 aromatic carbocycles. The van der Waals surface area contributed by atoms with Crippen molar-refractivity contribution in [3.8, 4) is 0 Å². The molecule has 0 bridgehead atoms. The summed E-state index contributed by atoms with van der Waals surface area (Å²) in [6.45, 7) is 7.27. The largest absolute Gasteiger partial charge is 0.115 e. The minimum atomic E-state index is -1.84. The average molecular weight is 492 g/mol. The van der Waals surface area contributed by atoms with E-state index in [0.717, 1.165) is 6.16 Å². The second-order valence-corrected chi connectivity index (χ2v) is 14.7. The van der Waals surface area contributed by atoms with Crippen LogP contribution < -0.4 is 15.9 Å². The SMILES string of the molecule is C/C(=C\C[P+](c1ccccc1)(c1ccccc1)c1ccccc1)C1=CC2=C(CCC1)CCCC2(C)C. The Bertz CT molecular complexity index is 1160. The van der Waals surface area contributed by atoms with Gasteiger partial charge in [0.25, 0.3) is 0 Å². The first-order chi connectivity index (χ1) is 17.5. The van der Waals surface area contributed by atoms with Crippen LogP contribution in [0.25, 0.3) is 0 Å². The number of allylic oxidation sites excluding steroid dienone is 6. The molecular weight excluding hydrogens is 451 g/mol. The summed E-state index contributed by atoms with van der Waals surface area (Å²) < 4.78 is 0. The van der Waals surface area contributed by atoms with Gasteiger partial charge in [-0.1, -0.05) is 80.1 Å². The van der Waals surface area contributed by atoms with Crippen LogP contribution in [0.5, 0.6) is 0 Å². The van der Waals surface area contributed by atoms with Gasteiger partial charge in [-0.05, 0) is 110 Å². The Morgan fingerprint density at radius 1 is 0.722 bits per heavy atom. The molecule has 184 valence electrons. The van der Waals surface area contributed by atoms with Gasteiger partial charge in [0, 0.05) is 0 Å². The van der Waals surface area contributed by atoms with E-state index >= 15 is 0 Å². The van der Waals surface area contributed by atoms with Crippen molar-refractivity contribution in [2.75, 3.05) is 6.16 Å². The van der Waals surface area contributed by atoms with Gasteiger partial charge in [-0.2, -0.15) is 0 Å². The minimum absolute atomic E-state index is 0.304. The third-order valence-corrected chi connectivity index (χ3v) is 12.7. The molecule has 1 heteroatoms. The molecule has 5 rings (SSSR count). The lowest BCUT2D eigenvalue weighted by Gasteiger charge is -2.33. The second-order valence-electron chi connectivity index (χ2n) is 11.2. The lowest BCUT2D eigenvalue weighted by atomic mass is 9.71. The predicted molar refractivity (Wildman–Crippen MR) is 160 cm³/mol. The first-order valence-corrected chi connectivity index (χ1v) is 15.6. The van der Waals surface area contributed by atoms with Crippen molar-refractivity contribution in [3.05, 3.63) is 125 Å². The zero-order valence-electron chi connectivity index (χ0n) is 22.2. The first kappa shape index (κ1) is 25.0. The molecule has 3 aromatic rings. The lowest BCUT2D eigenvalue weighted by Crippen LogP contribution is -2.33. The molecule has 0 saturated heterocycles. The number of hydrogen-bond donors (Lipinski definition) is 0. The molecule has 0 spiro atoms. The van der Waals surface area contributed by atoms with E-state index < -0.39 is 7.26 Å². The van der Waals surface area contributed by atoms with E-state index in [0.29, 0.717) is 5.41 Å². The van der Waals surface area contributed by atoms with Gasteiger partial charge >= 0.3 is 0 Å². The summed E-state index contributed by atoms with van der Waals surface area (Å²) in [7, 11) is -1.84. The third-order valence-electron chi connectivity index (χ3n) is 8.40. The smallest absolute Gasteiger partial charge is 0.0664 e. The van der Waals surface area contributed by atoms with Gasteiger partial charge < -0.3 is 0 Å². The molecule has 2 aliphatic carbocycles. The van der Waals surface area contributed by atoms with E-state index in [1.54, 1.807) is 16.7 Å². The summed E-state index contributed by atoms with van der Waals surface area (Å²) in [5.41, 5.74) is 6.70. The second kappa shape index (κ2) is 10.7. The van der Waals surface area contributed by atoms with E-state index in [2.05, 4.69) is 124 Å². The average Bonchev–Trinajstić information content (AvgIpc) is 3.15. The molecular formula is C35H40P+. The standard InChI is InChI=1S/C35H40P/c1-28(30-16-13-15-29-17-14-25-35(2,3)34(29)27-30)24-26-36(31-18-7-4-8-19-31,32-20-9-5-10-21-32)33-22-11-6-12-23-33/h4-12,18-24,27H,13-17,25-26H2,1-3H3/q+1/b28-24+. The summed E-state index contributed by atoms with van der Waals surface area (Å²) >= 11 is 0. The molecule has 0 saturated carbocycles. The van der Waals surface area contributed by atoms with Crippen molar-refractivity contribution in [1.29, 1.82) is 0 Å². The van der Waals surface area contributed by atoms with Gasteiger partial charge in [0.05, 0.1) is 6.16 Å². The lowest BCUT2D eigenvalue weighted by molar-refractivity contribution is 0.373. The van der Waals surface area contributed by atoms with Gasteiger partial charge in [0.2, 0.25) is 0 Å². The summed E-state index contributed by atoms with van der Waals surface area (Å²) in [5.74, 6) is 0. The molecule has 0 amide bonds. The van der Waals surface area contributed by atoms with Gasteiger partial charge in [-0.25, -0.2) is 0 Å². The highest BCUT2D eigenvalue weighted by Gasteiger charge is 2.44. The van der Waals surface area contributed by atoms with Crippen LogP contribution >= 0.6 is 7.26 Å². The third kappa shape index (κ3) is 4.94. The van der Waals surface area contributed by atoms with E-state index in [-0.39, 0.29) is 0 Å². The van der Waals surface area contributed by atoms with Gasteiger partial charge in [-0.15, -0.1) is 0 Å². The Labute approximate surface area is 219 Å². The zero-order valence-corrected chi connectivity index (χ0v) is 23.1. The molecule has 0 atom stereocenters. The maximum absolute atomic E-state index is 2.60. The fourth-order valence-corrected chi connectivity index (χ4v) is 10.4. The van der Waals surface area contributed by atoms with E-state index in [1.165, 1.54) is 60.0 Å². The maximum Gasteiger partial charge on any atom is 0.115 e. The minimum Gasteiger partial charge on any atom is -0.0664 e. The Balaban J connectivity index is 1.61. The first-order valence-electron chi connectivity index (χ1n) is 13.7. The Kier molecular flexibility index (Phi) is 7.45. The highest BCUT2D eigenvalue weighted by atomic mass is 31.2. The van der Waals surface area contributed by atoms with Gasteiger partial charge in [-0.3, -0.25) is 0 Å². The molecule has 0 N–H and O–H groups in total. The van der Waals surface area contributed by atoms with E-state index in [1.807, 2.05) is 0 Å². The van der Waals surface area contributed by atoms with Crippen LogP contribution in [0.1, 0.15) is 59.3 Å². The van der Waals surface area contributed by atoms with Crippen LogP contribution in [0.4, 0.5) is 0 Å². The summed E-state index contributed by atoms with van der Waals surface area (Å²) in [6, 6.07) is 33.8. The van der Waals surface area contributed by atoms with Crippen molar-refractivity contribution in [3.63, 3.8) is 0 Å². The van der Waals surface area contributed by atoms with Crippen molar-refractivity contribution in [2.45, 2.75) is 59.3 Å². The molecule has 0 aromatic heterocycles. The fraction of sp³-hybridized carbons (Fsp3) is 0.314. The van der Waals surface area contributed by atoms with Crippen molar-refractivity contribution in [1.82, 2.24) is 0 Å². The molecule has 36 heavy (non-hydrogen) atoms. The summed E-state index contributed by atoms with van der Waals surface area (Å²) in [6.07, 6.45) is 13.9. The van der Waals surface area contributed by atoms with Crippen LogP contribution in [0.2, 0.25) is 0 Å². The molecule has 2 aliphatic rings. The zero-order chi connectivity index (χ0) is 25.0. The monoisotopic (exact) mass is 491 g/mol. The van der Waals surface area contributed by atoms with Gasteiger partial charge in [0.1, 0.15) is 23.2 Å². The highest BCUT2D eigenvalue weighted by Crippen LogP contribution is 2.55. The van der Waals surface area contributed by atoms with Crippen molar-refractivity contribution in [2.24, 2.45) is 5.41 Å². The summed E-state index contributed by atoms with van der Waals surface area (Å²) in [5, 5.41) is 4.37. The fourth-order valence-electron chi connectivity index (χ4n) is 6.31. The topological polar surface area (TPSA) is 0 Å². The molecule has 0 heterocycles. The summed E-state index contributed by atoms with van der Waals surface area (Å²) in [4.78, 5) is 0. The quantitative estimate of drug-likeness (QED) is 0.303. The van der Waals surface area contributed by atoms with E-state index in [4.69, 9.17) is 0 Å². The molecule has 0 unspecified atom stereocenters. The molecule has 0 fully saturated rings. The van der Waals surface area contributed by atoms with Crippen molar-refractivity contribution >= 4 is 23.2 Å². The number of benzene rings is 3. The predicted octanol–water partition coefficient (Wildman–Crippen LogP) is 8.54. The van der Waals surface area contributed by atoms with E-state index in [9.17, 15) is 0 Å². The Morgan fingerprint density at radius 2 is 1.22 bits per heavy atom. The molecule has 0 radical (unpaired) electrons. The van der Waals surface area contributed by atoms with Crippen LogP contribution in [-0.4, -0.2) is 6.16 Å². The maximum atomic E-state index is 2.60. The molecule has 0 aliphatic heterocycles. The van der Waals surface area contributed by atoms with Crippen LogP contribution in [0.15, 0.2) is 125 Å². The highest BCUT2D eigenvalue weighted by molar-refractivity contribution is 7.95. The number of hydrogen-bond acceptors (Lipinski definition) is 0. The normalized spacial score (nSPS) is 18.3. The number of rotatable bonds is 6. The van der Waals surface area contributed by atoms with Crippen LogP contribution in [0.3, 0.4) is 0 Å². The Hall–Kier alpha value is -2.69.